The molecule has 1 aliphatic rings. The van der Waals surface area contributed by atoms with E-state index in [0.29, 0.717) is 16.7 Å². The van der Waals surface area contributed by atoms with Crippen molar-refractivity contribution in [3.8, 4) is 11.5 Å². The first-order valence-corrected chi connectivity index (χ1v) is 11.6. The van der Waals surface area contributed by atoms with E-state index in [-0.39, 0.29) is 28.8 Å². The summed E-state index contributed by atoms with van der Waals surface area (Å²) in [5.41, 5.74) is 6.81. The van der Waals surface area contributed by atoms with E-state index in [1.807, 2.05) is 0 Å². The van der Waals surface area contributed by atoms with Gasteiger partial charge >= 0.3 is 0 Å². The number of nitrogens with zero attached hydrogens (tertiary/aromatic N) is 2. The Kier molecular flexibility index (Phi) is 7.92. The number of ketones is 1. The van der Waals surface area contributed by atoms with Gasteiger partial charge in [0.2, 0.25) is 5.91 Å². The van der Waals surface area contributed by atoms with Crippen molar-refractivity contribution in [2.24, 2.45) is 5.73 Å². The summed E-state index contributed by atoms with van der Waals surface area (Å²) in [6.45, 7) is 1.80. The number of benzene rings is 2. The number of carbonyl (C=O) groups is 3. The highest BCUT2D eigenvalue weighted by Crippen LogP contribution is 2.30. The second-order valence-corrected chi connectivity index (χ2v) is 8.37. The lowest BCUT2D eigenvalue weighted by Crippen LogP contribution is -2.36. The van der Waals surface area contributed by atoms with Crippen LogP contribution in [0.25, 0.3) is 11.2 Å². The van der Waals surface area contributed by atoms with Crippen molar-refractivity contribution < 1.29 is 28.6 Å². The average molecular weight is 521 g/mol. The highest BCUT2D eigenvalue weighted by Gasteiger charge is 2.22. The van der Waals surface area contributed by atoms with Gasteiger partial charge in [-0.05, 0) is 43.3 Å². The van der Waals surface area contributed by atoms with Crippen LogP contribution < -0.4 is 21.1 Å². The van der Waals surface area contributed by atoms with Gasteiger partial charge in [0.05, 0.1) is 24.5 Å². The minimum atomic E-state index is -0.943. The number of rotatable bonds is 6. The van der Waals surface area contributed by atoms with Crippen molar-refractivity contribution in [3.63, 3.8) is 0 Å². The third kappa shape index (κ3) is 5.60. The largest absolute Gasteiger partial charge is 0.507 e. The van der Waals surface area contributed by atoms with Crippen LogP contribution in [-0.2, 0) is 0 Å². The smallest absolute Gasteiger partial charge is 0.253 e. The van der Waals surface area contributed by atoms with E-state index in [1.165, 1.54) is 43.5 Å². The van der Waals surface area contributed by atoms with Gasteiger partial charge in [0.15, 0.2) is 23.0 Å². The molecule has 1 fully saturated rings. The molecule has 1 unspecified atom stereocenters. The molecule has 0 saturated carbocycles. The quantitative estimate of drug-likeness (QED) is 0.240. The lowest BCUT2D eigenvalue weighted by molar-refractivity contribution is 0.0939. The van der Waals surface area contributed by atoms with Crippen LogP contribution in [0.15, 0.2) is 55.0 Å². The number of methoxy groups -OCH3 is 1. The molecule has 3 heterocycles. The Morgan fingerprint density at radius 2 is 1.84 bits per heavy atom. The fourth-order valence-corrected chi connectivity index (χ4v) is 3.93. The number of H-pyrrole nitrogens is 1. The first-order valence-electron chi connectivity index (χ1n) is 11.6. The molecular formula is C26H25FN6O5. The maximum atomic E-state index is 14.1. The van der Waals surface area contributed by atoms with Gasteiger partial charge in [-0.2, -0.15) is 0 Å². The van der Waals surface area contributed by atoms with Gasteiger partial charge < -0.3 is 31.2 Å². The molecule has 1 saturated heterocycles. The van der Waals surface area contributed by atoms with Crippen molar-refractivity contribution in [3.05, 3.63) is 83.1 Å². The number of phenolic OH excluding ortho intramolecular Hbond substituents is 1. The SMILES string of the molecule is COc1ccc(O)c(C(=O)c2ccc(C(N)=O)cc2)c1F.O=C(NC1CCNC1)c1ccnc2nc[nH]c12. The van der Waals surface area contributed by atoms with Crippen LogP contribution in [0.2, 0.25) is 0 Å². The molecule has 38 heavy (non-hydrogen) atoms. The lowest BCUT2D eigenvalue weighted by Gasteiger charge is -2.11. The molecule has 11 nitrogen and oxygen atoms in total. The third-order valence-corrected chi connectivity index (χ3v) is 5.93. The van der Waals surface area contributed by atoms with Crippen molar-refractivity contribution >= 4 is 28.8 Å². The minimum absolute atomic E-state index is 0.0737. The van der Waals surface area contributed by atoms with Gasteiger partial charge in [-0.25, -0.2) is 14.4 Å². The zero-order valence-electron chi connectivity index (χ0n) is 20.3. The van der Waals surface area contributed by atoms with Gasteiger partial charge in [-0.1, -0.05) is 12.1 Å². The van der Waals surface area contributed by atoms with E-state index in [2.05, 4.69) is 25.6 Å². The molecule has 0 radical (unpaired) electrons. The summed E-state index contributed by atoms with van der Waals surface area (Å²) < 4.78 is 18.9. The van der Waals surface area contributed by atoms with Crippen molar-refractivity contribution in [2.45, 2.75) is 12.5 Å². The highest BCUT2D eigenvalue weighted by molar-refractivity contribution is 6.11. The van der Waals surface area contributed by atoms with Gasteiger partial charge in [0.25, 0.3) is 5.91 Å². The Balaban J connectivity index is 0.000000180. The summed E-state index contributed by atoms with van der Waals surface area (Å²) in [5, 5.41) is 15.9. The molecule has 1 atom stereocenters. The lowest BCUT2D eigenvalue weighted by atomic mass is 10.00. The molecule has 6 N–H and O–H groups in total. The number of hydrogen-bond donors (Lipinski definition) is 5. The number of aromatic nitrogens is 3. The van der Waals surface area contributed by atoms with E-state index in [1.54, 1.807) is 18.6 Å². The number of primary amides is 1. The van der Waals surface area contributed by atoms with Crippen LogP contribution in [-0.4, -0.2) is 63.9 Å². The monoisotopic (exact) mass is 520 g/mol. The van der Waals surface area contributed by atoms with Crippen LogP contribution in [0.3, 0.4) is 0 Å². The molecule has 1 aliphatic heterocycles. The van der Waals surface area contributed by atoms with Gasteiger partial charge in [0.1, 0.15) is 11.3 Å². The number of phenols is 1. The molecule has 0 aliphatic carbocycles. The summed E-state index contributed by atoms with van der Waals surface area (Å²) in [6.07, 6.45) is 4.12. The fraction of sp³-hybridized carbons (Fsp3) is 0.192. The van der Waals surface area contributed by atoms with E-state index in [0.717, 1.165) is 19.5 Å². The summed E-state index contributed by atoms with van der Waals surface area (Å²) in [7, 11) is 1.26. The maximum absolute atomic E-state index is 14.1. The molecule has 196 valence electrons. The molecule has 2 amide bonds. The topological polar surface area (TPSA) is 172 Å². The van der Waals surface area contributed by atoms with E-state index >= 15 is 0 Å². The predicted molar refractivity (Wildman–Crippen MR) is 136 cm³/mol. The Morgan fingerprint density at radius 3 is 2.50 bits per heavy atom. The first-order chi connectivity index (χ1) is 18.3. The molecule has 0 spiro atoms. The van der Waals surface area contributed by atoms with E-state index in [9.17, 15) is 23.9 Å². The third-order valence-electron chi connectivity index (χ3n) is 5.93. The molecule has 0 bridgehead atoms. The standard InChI is InChI=1S/C15H12FNO4.C11H13N5O/c1-21-11-7-6-10(18)12(13(11)16)14(19)8-2-4-9(5-3-8)15(17)20;17-11(16-7-1-3-12-5-7)8-2-4-13-10-9(8)14-6-15-10/h2-7,18H,1H3,(H2,17,20);2,4,6-7,12H,1,3,5H2,(H,16,17)(H,13,14,15). The first kappa shape index (κ1) is 26.2. The Morgan fingerprint density at radius 1 is 1.11 bits per heavy atom. The van der Waals surface area contributed by atoms with E-state index < -0.39 is 28.8 Å². The highest BCUT2D eigenvalue weighted by atomic mass is 19.1. The zero-order valence-corrected chi connectivity index (χ0v) is 20.3. The van der Waals surface area contributed by atoms with Crippen molar-refractivity contribution in [2.75, 3.05) is 20.2 Å². The molecular weight excluding hydrogens is 495 g/mol. The summed E-state index contributed by atoms with van der Waals surface area (Å²) in [4.78, 5) is 46.4. The number of fused-ring (bicyclic) bond motifs is 1. The Labute approximate surface area is 216 Å². The number of imidazole rings is 1. The zero-order chi connectivity index (χ0) is 27.2. The molecule has 2 aromatic heterocycles. The number of halogens is 1. The van der Waals surface area contributed by atoms with E-state index in [4.69, 9.17) is 10.5 Å². The number of nitrogens with two attached hydrogens (primary N) is 1. The number of carbonyl (C=O) groups excluding carboxylic acids is 3. The molecule has 2 aromatic carbocycles. The summed E-state index contributed by atoms with van der Waals surface area (Å²) in [6, 6.07) is 9.69. The predicted octanol–water partition coefficient (Wildman–Crippen LogP) is 1.92. The molecule has 5 rings (SSSR count). The number of nitrogens with one attached hydrogen (secondary N) is 3. The number of amides is 2. The second-order valence-electron chi connectivity index (χ2n) is 8.37. The second kappa shape index (κ2) is 11.5. The molecule has 12 heteroatoms. The van der Waals surface area contributed by atoms with Crippen LogP contribution in [0, 0.1) is 5.82 Å². The normalized spacial score (nSPS) is 14.4. The van der Waals surface area contributed by atoms with Crippen LogP contribution >= 0.6 is 0 Å². The van der Waals surface area contributed by atoms with Crippen LogP contribution in [0.1, 0.15) is 43.1 Å². The average Bonchev–Trinajstić information content (AvgIpc) is 3.61. The number of hydrogen-bond acceptors (Lipinski definition) is 8. The summed E-state index contributed by atoms with van der Waals surface area (Å²) >= 11 is 0. The maximum Gasteiger partial charge on any atom is 0.253 e. The van der Waals surface area contributed by atoms with Gasteiger partial charge in [-0.3, -0.25) is 14.4 Å². The number of pyridine rings is 1. The Bertz CT molecular complexity index is 1480. The van der Waals surface area contributed by atoms with Crippen molar-refractivity contribution in [1.29, 1.82) is 0 Å². The van der Waals surface area contributed by atoms with Gasteiger partial charge in [0, 0.05) is 29.9 Å². The number of aromatic hydroxyl groups is 1. The summed E-state index contributed by atoms with van der Waals surface area (Å²) in [5.74, 6) is -3.01. The van der Waals surface area contributed by atoms with Crippen LogP contribution in [0.4, 0.5) is 4.39 Å². The van der Waals surface area contributed by atoms with Crippen LogP contribution in [0.5, 0.6) is 11.5 Å². The minimum Gasteiger partial charge on any atom is -0.507 e. The number of ether oxygens (including phenoxy) is 1. The molecule has 4 aromatic rings. The Hall–Kier alpha value is -4.84. The number of aromatic amines is 1. The fourth-order valence-electron chi connectivity index (χ4n) is 3.93. The van der Waals surface area contributed by atoms with Crippen molar-refractivity contribution in [1.82, 2.24) is 25.6 Å². The van der Waals surface area contributed by atoms with Gasteiger partial charge in [-0.15, -0.1) is 0 Å².